The van der Waals surface area contributed by atoms with Gasteiger partial charge in [0.25, 0.3) is 5.91 Å². The van der Waals surface area contributed by atoms with Crippen LogP contribution in [0, 0.1) is 13.8 Å². The maximum atomic E-state index is 12.0. The smallest absolute Gasteiger partial charge is 0.252 e. The van der Waals surface area contributed by atoms with Gasteiger partial charge < -0.3 is 10.1 Å². The summed E-state index contributed by atoms with van der Waals surface area (Å²) < 4.78 is 5.51. The zero-order valence-electron chi connectivity index (χ0n) is 11.2. The summed E-state index contributed by atoms with van der Waals surface area (Å²) in [7, 11) is 0. The van der Waals surface area contributed by atoms with E-state index in [0.717, 1.165) is 29.7 Å². The lowest BCUT2D eigenvalue weighted by Gasteiger charge is -2.21. The Labute approximate surface area is 108 Å². The van der Waals surface area contributed by atoms with E-state index in [1.54, 1.807) is 6.20 Å². The summed E-state index contributed by atoms with van der Waals surface area (Å²) in [4.78, 5) is 16.3. The van der Waals surface area contributed by atoms with Gasteiger partial charge in [-0.05, 0) is 44.7 Å². The first-order valence-electron chi connectivity index (χ1n) is 6.36. The standard InChI is InChI=1S/C14H20N2O2/c1-10-7-12(8-15-11(10)2)9-16-13(17)14(3)5-4-6-18-14/h7-8H,4-6,9H2,1-3H3,(H,16,17)/t14-/m1/s1. The van der Waals surface area contributed by atoms with Crippen molar-refractivity contribution in [3.63, 3.8) is 0 Å². The molecule has 1 aliphatic rings. The van der Waals surface area contributed by atoms with Crippen molar-refractivity contribution < 1.29 is 9.53 Å². The molecular weight excluding hydrogens is 228 g/mol. The van der Waals surface area contributed by atoms with Crippen molar-refractivity contribution in [1.29, 1.82) is 0 Å². The molecule has 0 unspecified atom stereocenters. The van der Waals surface area contributed by atoms with E-state index in [9.17, 15) is 4.79 Å². The molecule has 1 aromatic rings. The lowest BCUT2D eigenvalue weighted by molar-refractivity contribution is -0.139. The summed E-state index contributed by atoms with van der Waals surface area (Å²) in [6.45, 7) is 7.04. The largest absolute Gasteiger partial charge is 0.365 e. The average molecular weight is 248 g/mol. The minimum absolute atomic E-state index is 0.0294. The molecule has 1 N–H and O–H groups in total. The molecule has 0 saturated carbocycles. The first kappa shape index (κ1) is 13.0. The Kier molecular flexibility index (Phi) is 3.66. The molecule has 1 saturated heterocycles. The second-order valence-electron chi connectivity index (χ2n) is 5.11. The second kappa shape index (κ2) is 5.06. The second-order valence-corrected chi connectivity index (χ2v) is 5.11. The molecule has 18 heavy (non-hydrogen) atoms. The van der Waals surface area contributed by atoms with Gasteiger partial charge >= 0.3 is 0 Å². The predicted octanol–water partition coefficient (Wildman–Crippen LogP) is 1.88. The number of nitrogens with one attached hydrogen (secondary N) is 1. The van der Waals surface area contributed by atoms with Crippen LogP contribution in [0.2, 0.25) is 0 Å². The highest BCUT2D eigenvalue weighted by molar-refractivity contribution is 5.84. The quantitative estimate of drug-likeness (QED) is 0.888. The van der Waals surface area contributed by atoms with Gasteiger partial charge in [0.2, 0.25) is 0 Å². The third kappa shape index (κ3) is 2.70. The Bertz CT molecular complexity index is 451. The van der Waals surface area contributed by atoms with Gasteiger partial charge in [-0.2, -0.15) is 0 Å². The fraction of sp³-hybridized carbons (Fsp3) is 0.571. The number of aryl methyl sites for hydroxylation is 2. The fourth-order valence-electron chi connectivity index (χ4n) is 2.13. The first-order valence-corrected chi connectivity index (χ1v) is 6.36. The molecule has 0 radical (unpaired) electrons. The SMILES string of the molecule is Cc1cc(CNC(=O)[C@@]2(C)CCCO2)cnc1C. The number of carbonyl (C=O) groups excluding carboxylic acids is 1. The van der Waals surface area contributed by atoms with Gasteiger partial charge in [-0.15, -0.1) is 0 Å². The maximum absolute atomic E-state index is 12.0. The Morgan fingerprint density at radius 1 is 1.56 bits per heavy atom. The third-order valence-electron chi connectivity index (χ3n) is 3.55. The van der Waals surface area contributed by atoms with Crippen LogP contribution in [0.15, 0.2) is 12.3 Å². The lowest BCUT2D eigenvalue weighted by atomic mass is 10.0. The van der Waals surface area contributed by atoms with Crippen molar-refractivity contribution in [2.75, 3.05) is 6.61 Å². The molecule has 0 spiro atoms. The zero-order chi connectivity index (χ0) is 13.2. The highest BCUT2D eigenvalue weighted by Crippen LogP contribution is 2.25. The molecule has 0 bridgehead atoms. The molecule has 2 heterocycles. The monoisotopic (exact) mass is 248 g/mol. The average Bonchev–Trinajstić information content (AvgIpc) is 2.79. The van der Waals surface area contributed by atoms with Gasteiger partial charge in [0.15, 0.2) is 0 Å². The summed E-state index contributed by atoms with van der Waals surface area (Å²) >= 11 is 0. The van der Waals surface area contributed by atoms with E-state index in [-0.39, 0.29) is 5.91 Å². The van der Waals surface area contributed by atoms with Crippen LogP contribution in [0.25, 0.3) is 0 Å². The predicted molar refractivity (Wildman–Crippen MR) is 69.1 cm³/mol. The van der Waals surface area contributed by atoms with E-state index in [1.807, 2.05) is 20.8 Å². The van der Waals surface area contributed by atoms with Crippen molar-refractivity contribution >= 4 is 5.91 Å². The molecule has 1 amide bonds. The van der Waals surface area contributed by atoms with Crippen molar-refractivity contribution in [3.05, 3.63) is 29.1 Å². The molecule has 1 aliphatic heterocycles. The number of hydrogen-bond donors (Lipinski definition) is 1. The van der Waals surface area contributed by atoms with Gasteiger partial charge in [-0.1, -0.05) is 6.07 Å². The van der Waals surface area contributed by atoms with Crippen molar-refractivity contribution in [2.45, 2.75) is 45.8 Å². The molecule has 98 valence electrons. The molecule has 1 fully saturated rings. The highest BCUT2D eigenvalue weighted by atomic mass is 16.5. The molecule has 4 heteroatoms. The Morgan fingerprint density at radius 2 is 2.33 bits per heavy atom. The summed E-state index contributed by atoms with van der Waals surface area (Å²) in [6.07, 6.45) is 3.56. The molecule has 0 aromatic carbocycles. The zero-order valence-corrected chi connectivity index (χ0v) is 11.2. The van der Waals surface area contributed by atoms with Gasteiger partial charge in [-0.3, -0.25) is 9.78 Å². The van der Waals surface area contributed by atoms with Crippen molar-refractivity contribution in [1.82, 2.24) is 10.3 Å². The number of rotatable bonds is 3. The van der Waals surface area contributed by atoms with E-state index in [1.165, 1.54) is 0 Å². The van der Waals surface area contributed by atoms with E-state index in [4.69, 9.17) is 4.74 Å². The Hall–Kier alpha value is -1.42. The van der Waals surface area contributed by atoms with Crippen molar-refractivity contribution in [3.8, 4) is 0 Å². The molecule has 2 rings (SSSR count). The number of nitrogens with zero attached hydrogens (tertiary/aromatic N) is 1. The summed E-state index contributed by atoms with van der Waals surface area (Å²) in [5, 5.41) is 2.92. The molecule has 0 aliphatic carbocycles. The van der Waals surface area contributed by atoms with Crippen LogP contribution in [0.3, 0.4) is 0 Å². The van der Waals surface area contributed by atoms with Gasteiger partial charge in [0, 0.05) is 25.0 Å². The van der Waals surface area contributed by atoms with Gasteiger partial charge in [-0.25, -0.2) is 0 Å². The maximum Gasteiger partial charge on any atom is 0.252 e. The van der Waals surface area contributed by atoms with Crippen LogP contribution in [0.5, 0.6) is 0 Å². The lowest BCUT2D eigenvalue weighted by Crippen LogP contribution is -2.43. The van der Waals surface area contributed by atoms with E-state index < -0.39 is 5.60 Å². The summed E-state index contributed by atoms with van der Waals surface area (Å²) in [6, 6.07) is 2.06. The van der Waals surface area contributed by atoms with E-state index >= 15 is 0 Å². The van der Waals surface area contributed by atoms with Gasteiger partial charge in [0.1, 0.15) is 5.60 Å². The topological polar surface area (TPSA) is 51.2 Å². The van der Waals surface area contributed by atoms with Crippen molar-refractivity contribution in [2.24, 2.45) is 0 Å². The van der Waals surface area contributed by atoms with Crippen LogP contribution in [0.4, 0.5) is 0 Å². The number of amides is 1. The van der Waals surface area contributed by atoms with Crippen LogP contribution in [0.1, 0.15) is 36.6 Å². The summed E-state index contributed by atoms with van der Waals surface area (Å²) in [5.41, 5.74) is 2.54. The van der Waals surface area contributed by atoms with Gasteiger partial charge in [0.05, 0.1) is 0 Å². The molecule has 1 aromatic heterocycles. The van der Waals surface area contributed by atoms with Crippen LogP contribution in [-0.4, -0.2) is 23.1 Å². The number of hydrogen-bond acceptors (Lipinski definition) is 3. The van der Waals surface area contributed by atoms with E-state index in [2.05, 4.69) is 16.4 Å². The number of pyridine rings is 1. The highest BCUT2D eigenvalue weighted by Gasteiger charge is 2.37. The first-order chi connectivity index (χ1) is 8.51. The molecule has 4 nitrogen and oxygen atoms in total. The molecule has 1 atom stereocenters. The van der Waals surface area contributed by atoms with Crippen LogP contribution < -0.4 is 5.32 Å². The minimum atomic E-state index is -0.646. The van der Waals surface area contributed by atoms with Crippen LogP contribution in [-0.2, 0) is 16.1 Å². The minimum Gasteiger partial charge on any atom is -0.365 e. The number of ether oxygens (including phenoxy) is 1. The summed E-state index contributed by atoms with van der Waals surface area (Å²) in [5.74, 6) is -0.0294. The molecular formula is C14H20N2O2. The van der Waals surface area contributed by atoms with E-state index in [0.29, 0.717) is 13.2 Å². The van der Waals surface area contributed by atoms with Crippen LogP contribution >= 0.6 is 0 Å². The number of carbonyl (C=O) groups is 1. The Morgan fingerprint density at radius 3 is 2.94 bits per heavy atom. The fourth-order valence-corrected chi connectivity index (χ4v) is 2.13. The normalized spacial score (nSPS) is 23.1. The third-order valence-corrected chi connectivity index (χ3v) is 3.55. The Balaban J connectivity index is 1.95. The number of aromatic nitrogens is 1.